The molecule has 0 saturated heterocycles. The van der Waals surface area contributed by atoms with E-state index in [4.69, 9.17) is 4.74 Å². The average Bonchev–Trinajstić information content (AvgIpc) is 2.91. The summed E-state index contributed by atoms with van der Waals surface area (Å²) in [6.45, 7) is 7.60. The van der Waals surface area contributed by atoms with Gasteiger partial charge in [-0.15, -0.1) is 11.3 Å². The van der Waals surface area contributed by atoms with Crippen LogP contribution in [0.3, 0.4) is 0 Å². The minimum atomic E-state index is -0.423. The number of aliphatic hydroxyl groups excluding tert-OH is 1. The summed E-state index contributed by atoms with van der Waals surface area (Å²) in [6.07, 6.45) is 4.74. The predicted octanol–water partition coefficient (Wildman–Crippen LogP) is 3.66. The molecule has 2 N–H and O–H groups in total. The van der Waals surface area contributed by atoms with Crippen molar-refractivity contribution < 1.29 is 9.84 Å². The van der Waals surface area contributed by atoms with E-state index in [9.17, 15) is 5.11 Å². The minimum Gasteiger partial charge on any atom is -0.389 e. The summed E-state index contributed by atoms with van der Waals surface area (Å²) in [5, 5.41) is 13.4. The van der Waals surface area contributed by atoms with E-state index >= 15 is 0 Å². The van der Waals surface area contributed by atoms with E-state index in [1.807, 2.05) is 11.3 Å². The Labute approximate surface area is 132 Å². The van der Waals surface area contributed by atoms with Gasteiger partial charge in [-0.25, -0.2) is 0 Å². The molecule has 1 aliphatic rings. The van der Waals surface area contributed by atoms with Crippen LogP contribution in [0.15, 0.2) is 12.1 Å². The van der Waals surface area contributed by atoms with Crippen molar-refractivity contribution >= 4 is 11.3 Å². The molecular formula is C17H29NO2S. The van der Waals surface area contributed by atoms with Gasteiger partial charge in [0, 0.05) is 22.3 Å². The van der Waals surface area contributed by atoms with Gasteiger partial charge in [0.05, 0.1) is 18.8 Å². The fourth-order valence-electron chi connectivity index (χ4n) is 2.80. The van der Waals surface area contributed by atoms with E-state index in [1.54, 1.807) is 0 Å². The molecule has 2 atom stereocenters. The van der Waals surface area contributed by atoms with Gasteiger partial charge >= 0.3 is 0 Å². The fraction of sp³-hybridized carbons (Fsp3) is 0.765. The third-order valence-electron chi connectivity index (χ3n) is 4.33. The Morgan fingerprint density at radius 3 is 2.67 bits per heavy atom. The van der Waals surface area contributed by atoms with Gasteiger partial charge in [-0.3, -0.25) is 0 Å². The molecule has 0 spiro atoms. The molecule has 1 aliphatic carbocycles. The highest BCUT2D eigenvalue weighted by atomic mass is 32.1. The molecule has 21 heavy (non-hydrogen) atoms. The summed E-state index contributed by atoms with van der Waals surface area (Å²) in [6, 6.07) is 4.58. The summed E-state index contributed by atoms with van der Waals surface area (Å²) in [7, 11) is 0. The van der Waals surface area contributed by atoms with Crippen molar-refractivity contribution in [2.45, 2.75) is 64.7 Å². The Morgan fingerprint density at radius 2 is 2.05 bits per heavy atom. The van der Waals surface area contributed by atoms with Crippen LogP contribution in [0.5, 0.6) is 0 Å². The molecule has 2 rings (SSSR count). The van der Waals surface area contributed by atoms with Crippen LogP contribution in [0, 0.1) is 12.8 Å². The number of aryl methyl sites for hydroxylation is 1. The largest absolute Gasteiger partial charge is 0.389 e. The van der Waals surface area contributed by atoms with E-state index in [2.05, 4.69) is 38.2 Å². The number of nitrogens with one attached hydrogen (secondary N) is 1. The van der Waals surface area contributed by atoms with Gasteiger partial charge < -0.3 is 15.2 Å². The first-order valence-electron chi connectivity index (χ1n) is 8.14. The van der Waals surface area contributed by atoms with Gasteiger partial charge in [-0.2, -0.15) is 0 Å². The van der Waals surface area contributed by atoms with Crippen molar-refractivity contribution in [1.82, 2.24) is 5.32 Å². The molecule has 0 aromatic carbocycles. The number of ether oxygens (including phenoxy) is 1. The van der Waals surface area contributed by atoms with Gasteiger partial charge in [-0.05, 0) is 57.6 Å². The fourth-order valence-corrected chi connectivity index (χ4v) is 3.71. The molecule has 0 bridgehead atoms. The van der Waals surface area contributed by atoms with Crippen LogP contribution in [-0.2, 0) is 4.74 Å². The molecule has 1 aromatic rings. The number of rotatable bonds is 7. The van der Waals surface area contributed by atoms with E-state index in [-0.39, 0.29) is 6.04 Å². The molecule has 0 amide bonds. The maximum Gasteiger partial charge on any atom is 0.0898 e. The SMILES string of the molecule is Cc1ccc(C(C)NCC(O)COC2CCC(C)CC2)s1. The van der Waals surface area contributed by atoms with E-state index in [0.717, 1.165) is 18.8 Å². The molecule has 1 saturated carbocycles. The van der Waals surface area contributed by atoms with Crippen molar-refractivity contribution in [3.8, 4) is 0 Å². The summed E-state index contributed by atoms with van der Waals surface area (Å²) in [5.41, 5.74) is 0. The molecular weight excluding hydrogens is 282 g/mol. The highest BCUT2D eigenvalue weighted by Gasteiger charge is 2.19. The summed E-state index contributed by atoms with van der Waals surface area (Å²) < 4.78 is 5.85. The lowest BCUT2D eigenvalue weighted by Crippen LogP contribution is -2.34. The van der Waals surface area contributed by atoms with Crippen LogP contribution in [0.1, 0.15) is 55.3 Å². The van der Waals surface area contributed by atoms with Gasteiger partial charge in [-0.1, -0.05) is 6.92 Å². The average molecular weight is 311 g/mol. The molecule has 1 heterocycles. The summed E-state index contributed by atoms with van der Waals surface area (Å²) >= 11 is 1.81. The zero-order valence-corrected chi connectivity index (χ0v) is 14.3. The van der Waals surface area contributed by atoms with Gasteiger partial charge in [0.25, 0.3) is 0 Å². The minimum absolute atomic E-state index is 0.286. The highest BCUT2D eigenvalue weighted by Crippen LogP contribution is 2.25. The molecule has 120 valence electrons. The Kier molecular flexibility index (Phi) is 6.68. The van der Waals surface area contributed by atoms with Crippen molar-refractivity contribution in [3.05, 3.63) is 21.9 Å². The molecule has 0 radical (unpaired) electrons. The van der Waals surface area contributed by atoms with Crippen LogP contribution in [0.4, 0.5) is 0 Å². The first kappa shape index (κ1) is 16.9. The second-order valence-electron chi connectivity index (χ2n) is 6.45. The monoisotopic (exact) mass is 311 g/mol. The second kappa shape index (κ2) is 8.28. The molecule has 3 nitrogen and oxygen atoms in total. The zero-order valence-electron chi connectivity index (χ0n) is 13.5. The smallest absolute Gasteiger partial charge is 0.0898 e. The maximum atomic E-state index is 10.0. The quantitative estimate of drug-likeness (QED) is 0.807. The Bertz CT molecular complexity index is 413. The number of thiophene rings is 1. The second-order valence-corrected chi connectivity index (χ2v) is 7.77. The van der Waals surface area contributed by atoms with Crippen molar-refractivity contribution in [2.24, 2.45) is 5.92 Å². The third kappa shape index (κ3) is 5.70. The number of hydrogen-bond donors (Lipinski definition) is 2. The first-order chi connectivity index (χ1) is 10.0. The normalized spacial score (nSPS) is 25.7. The van der Waals surface area contributed by atoms with Crippen LogP contribution in [-0.4, -0.2) is 30.5 Å². The van der Waals surface area contributed by atoms with Gasteiger partial charge in [0.1, 0.15) is 0 Å². The van der Waals surface area contributed by atoms with E-state index in [0.29, 0.717) is 19.3 Å². The lowest BCUT2D eigenvalue weighted by atomic mass is 9.89. The number of aliphatic hydroxyl groups is 1. The van der Waals surface area contributed by atoms with Crippen molar-refractivity contribution in [2.75, 3.05) is 13.2 Å². The Balaban J connectivity index is 1.62. The van der Waals surface area contributed by atoms with E-state index in [1.165, 1.54) is 22.6 Å². The summed E-state index contributed by atoms with van der Waals surface area (Å²) in [4.78, 5) is 2.65. The summed E-state index contributed by atoms with van der Waals surface area (Å²) in [5.74, 6) is 0.839. The lowest BCUT2D eigenvalue weighted by molar-refractivity contribution is -0.0282. The predicted molar refractivity (Wildman–Crippen MR) is 88.9 cm³/mol. The van der Waals surface area contributed by atoms with Gasteiger partial charge in [0.2, 0.25) is 0 Å². The molecule has 1 fully saturated rings. The molecule has 4 heteroatoms. The highest BCUT2D eigenvalue weighted by molar-refractivity contribution is 7.12. The van der Waals surface area contributed by atoms with E-state index < -0.39 is 6.10 Å². The molecule has 1 aromatic heterocycles. The van der Waals surface area contributed by atoms with Crippen LogP contribution >= 0.6 is 11.3 Å². The maximum absolute atomic E-state index is 10.0. The van der Waals surface area contributed by atoms with Crippen molar-refractivity contribution in [1.29, 1.82) is 0 Å². The number of hydrogen-bond acceptors (Lipinski definition) is 4. The molecule has 2 unspecified atom stereocenters. The van der Waals surface area contributed by atoms with Gasteiger partial charge in [0.15, 0.2) is 0 Å². The Morgan fingerprint density at radius 1 is 1.33 bits per heavy atom. The Hall–Kier alpha value is -0.420. The molecule has 0 aliphatic heterocycles. The standard InChI is InChI=1S/C17H29NO2S/c1-12-4-7-16(8-5-12)20-11-15(19)10-18-14(3)17-9-6-13(2)21-17/h6,9,12,14-16,18-19H,4-5,7-8,10-11H2,1-3H3. The first-order valence-corrected chi connectivity index (χ1v) is 8.95. The lowest BCUT2D eigenvalue weighted by Gasteiger charge is -2.27. The van der Waals surface area contributed by atoms with Crippen LogP contribution in [0.25, 0.3) is 0 Å². The van der Waals surface area contributed by atoms with Crippen LogP contribution in [0.2, 0.25) is 0 Å². The zero-order chi connectivity index (χ0) is 15.2. The third-order valence-corrected chi connectivity index (χ3v) is 5.52. The topological polar surface area (TPSA) is 41.5 Å². The van der Waals surface area contributed by atoms with Crippen molar-refractivity contribution in [3.63, 3.8) is 0 Å². The van der Waals surface area contributed by atoms with Crippen LogP contribution < -0.4 is 5.32 Å².